The third-order valence-electron chi connectivity index (χ3n) is 11.3. The Hall–Kier alpha value is -2.02. The lowest BCUT2D eigenvalue weighted by Crippen LogP contribution is -2.31. The van der Waals surface area contributed by atoms with Gasteiger partial charge in [-0.15, -0.1) is 0 Å². The van der Waals surface area contributed by atoms with Gasteiger partial charge < -0.3 is 63.8 Å². The van der Waals surface area contributed by atoms with Crippen LogP contribution in [-0.2, 0) is 42.7 Å². The van der Waals surface area contributed by atoms with E-state index in [1.807, 2.05) is 0 Å². The first kappa shape index (κ1) is 67.0. The Morgan fingerprint density at radius 1 is 0.304 bits per heavy atom. The Kier molecular flexibility index (Phi) is 50.8. The number of carbonyl (C=O) groups is 2. The van der Waals surface area contributed by atoms with E-state index in [9.17, 15) is 40.2 Å². The van der Waals surface area contributed by atoms with Crippen LogP contribution in [0.2, 0.25) is 0 Å². The zero-order valence-corrected chi connectivity index (χ0v) is 43.4. The van der Waals surface area contributed by atoms with Crippen molar-refractivity contribution in [1.29, 1.82) is 0 Å². The summed E-state index contributed by atoms with van der Waals surface area (Å²) in [6, 6.07) is 0. The molecule has 15 heteroatoms. The van der Waals surface area contributed by atoms with Crippen LogP contribution in [0.5, 0.6) is 0 Å². The Bertz CT molecular complexity index is 1070. The zero-order chi connectivity index (χ0) is 50.7. The largest absolute Gasteiger partial charge is 0.463 e. The van der Waals surface area contributed by atoms with Gasteiger partial charge in [-0.1, -0.05) is 141 Å². The first-order valence-electron chi connectivity index (χ1n) is 27.1. The minimum Gasteiger partial charge on any atom is -0.463 e. The lowest BCUT2D eigenvalue weighted by Gasteiger charge is -2.18. The smallest absolute Gasteiger partial charge is 0.305 e. The molecule has 0 fully saturated rings. The van der Waals surface area contributed by atoms with E-state index in [4.69, 9.17) is 33.2 Å². The minimum absolute atomic E-state index is 0.128. The summed E-state index contributed by atoms with van der Waals surface area (Å²) < 4.78 is 36.8. The average Bonchev–Trinajstić information content (AvgIpc) is 3.32. The van der Waals surface area contributed by atoms with Gasteiger partial charge in [0.25, 0.3) is 0 Å². The van der Waals surface area contributed by atoms with Gasteiger partial charge in [-0.05, 0) is 64.2 Å². The van der Waals surface area contributed by atoms with Crippen molar-refractivity contribution in [3.63, 3.8) is 0 Å². The van der Waals surface area contributed by atoms with Crippen LogP contribution < -0.4 is 0 Å². The third kappa shape index (κ3) is 52.1. The molecule has 0 aromatic carbocycles. The number of aliphatic hydroxyl groups is 6. The Morgan fingerprint density at radius 2 is 0.507 bits per heavy atom. The molecular weight excluding hydrogens is 889 g/mol. The normalized spacial score (nSPS) is 14.6. The molecule has 0 radical (unpaired) electrons. The highest BCUT2D eigenvalue weighted by atomic mass is 16.6. The monoisotopic (exact) mass is 991 g/mol. The van der Waals surface area contributed by atoms with Gasteiger partial charge in [0.2, 0.25) is 0 Å². The molecule has 69 heavy (non-hydrogen) atoms. The van der Waals surface area contributed by atoms with Crippen LogP contribution >= 0.6 is 0 Å². The van der Waals surface area contributed by atoms with Crippen molar-refractivity contribution in [2.24, 2.45) is 0 Å². The summed E-state index contributed by atoms with van der Waals surface area (Å²) >= 11 is 0. The van der Waals surface area contributed by atoms with Crippen molar-refractivity contribution in [2.45, 2.75) is 230 Å². The first-order chi connectivity index (χ1) is 33.6. The summed E-state index contributed by atoms with van der Waals surface area (Å²) in [5.41, 5.74) is 0. The number of rotatable bonds is 54. The van der Waals surface area contributed by atoms with Gasteiger partial charge in [-0.25, -0.2) is 0 Å². The maximum atomic E-state index is 12.0. The molecule has 0 heterocycles. The van der Waals surface area contributed by atoms with Gasteiger partial charge in [0.15, 0.2) is 0 Å². The number of esters is 2. The average molecular weight is 991 g/mol. The maximum Gasteiger partial charge on any atom is 0.305 e. The van der Waals surface area contributed by atoms with Crippen LogP contribution in [0.15, 0.2) is 24.3 Å². The highest BCUT2D eigenvalue weighted by Crippen LogP contribution is 2.12. The standard InChI is InChI=1S/C54H102O15/c1-3-5-7-9-11-13-15-17-19-21-23-25-27-29-31-33-53(61)68-45-51(59)43-66-41-49(57)39-64-37-47(55)35-63-36-48(56)38-65-40-50(58)42-67-44-52(60)46-69-54(62)34-32-30-28-26-24-22-20-18-16-14-12-10-8-6-4-2/h17-20,47-52,55-60H,3-16,21-46H2,1-2H3. The third-order valence-corrected chi connectivity index (χ3v) is 11.3. The van der Waals surface area contributed by atoms with Crippen molar-refractivity contribution in [1.82, 2.24) is 0 Å². The van der Waals surface area contributed by atoms with Crippen LogP contribution in [0.4, 0.5) is 0 Å². The molecule has 0 aromatic heterocycles. The topological polar surface area (TPSA) is 220 Å². The summed E-state index contributed by atoms with van der Waals surface area (Å²) in [4.78, 5) is 24.0. The van der Waals surface area contributed by atoms with Crippen LogP contribution in [-0.4, -0.2) is 158 Å². The summed E-state index contributed by atoms with van der Waals surface area (Å²) in [6.07, 6.45) is 34.4. The molecule has 15 nitrogen and oxygen atoms in total. The predicted molar refractivity (Wildman–Crippen MR) is 271 cm³/mol. The first-order valence-corrected chi connectivity index (χ1v) is 27.1. The van der Waals surface area contributed by atoms with Crippen LogP contribution in [0.3, 0.4) is 0 Å². The van der Waals surface area contributed by atoms with E-state index in [0.29, 0.717) is 12.8 Å². The second-order valence-electron chi connectivity index (χ2n) is 18.6. The van der Waals surface area contributed by atoms with E-state index in [0.717, 1.165) is 77.0 Å². The van der Waals surface area contributed by atoms with Crippen molar-refractivity contribution in [2.75, 3.05) is 79.3 Å². The lowest BCUT2D eigenvalue weighted by atomic mass is 10.1. The van der Waals surface area contributed by atoms with Gasteiger partial charge in [-0.3, -0.25) is 9.59 Å². The fourth-order valence-electron chi connectivity index (χ4n) is 7.19. The van der Waals surface area contributed by atoms with Gasteiger partial charge in [-0.2, -0.15) is 0 Å². The molecule has 6 unspecified atom stereocenters. The van der Waals surface area contributed by atoms with E-state index >= 15 is 0 Å². The van der Waals surface area contributed by atoms with Crippen molar-refractivity contribution >= 4 is 11.9 Å². The molecule has 408 valence electrons. The fraction of sp³-hybridized carbons (Fsp3) is 0.889. The molecule has 6 N–H and O–H groups in total. The lowest BCUT2D eigenvalue weighted by molar-refractivity contribution is -0.149. The zero-order valence-electron chi connectivity index (χ0n) is 43.4. The molecule has 0 bridgehead atoms. The van der Waals surface area contributed by atoms with E-state index < -0.39 is 36.6 Å². The summed E-state index contributed by atoms with van der Waals surface area (Å²) in [5.74, 6) is -0.706. The van der Waals surface area contributed by atoms with E-state index in [-0.39, 0.29) is 91.2 Å². The highest BCUT2D eigenvalue weighted by Gasteiger charge is 2.15. The van der Waals surface area contributed by atoms with Crippen molar-refractivity contribution in [3.8, 4) is 0 Å². The summed E-state index contributed by atoms with van der Waals surface area (Å²) in [6.45, 7) is 2.77. The fourth-order valence-corrected chi connectivity index (χ4v) is 7.19. The van der Waals surface area contributed by atoms with Crippen LogP contribution in [0.1, 0.15) is 194 Å². The number of hydrogen-bond donors (Lipinski definition) is 6. The SMILES string of the molecule is CCCCCCCCC=CCCCCCCCC(=O)OCC(O)COCC(O)COCC(O)COCC(O)COCC(O)COCC(O)COC(=O)CCCCCCCC=CCCCCCCCC. The van der Waals surface area contributed by atoms with Crippen molar-refractivity contribution < 1.29 is 73.4 Å². The number of aliphatic hydroxyl groups excluding tert-OH is 6. The second kappa shape index (κ2) is 52.3. The molecule has 0 spiro atoms. The van der Waals surface area contributed by atoms with Crippen LogP contribution in [0, 0.1) is 0 Å². The van der Waals surface area contributed by atoms with Gasteiger partial charge >= 0.3 is 11.9 Å². The Balaban J connectivity index is 3.67. The Labute approximate surface area is 418 Å². The predicted octanol–water partition coefficient (Wildman–Crippen LogP) is 8.40. The molecular formula is C54H102O15. The molecule has 0 aliphatic heterocycles. The van der Waals surface area contributed by atoms with Crippen LogP contribution in [0.25, 0.3) is 0 Å². The molecule has 6 atom stereocenters. The molecule has 0 amide bonds. The van der Waals surface area contributed by atoms with E-state index in [1.54, 1.807) is 0 Å². The Morgan fingerprint density at radius 3 is 0.754 bits per heavy atom. The van der Waals surface area contributed by atoms with E-state index in [2.05, 4.69) is 38.2 Å². The molecule has 0 aliphatic carbocycles. The maximum absolute atomic E-state index is 12.0. The number of allylic oxidation sites excluding steroid dienone is 4. The molecule has 0 saturated heterocycles. The second-order valence-corrected chi connectivity index (χ2v) is 18.6. The quantitative estimate of drug-likeness (QED) is 0.0191. The molecule has 0 saturated carbocycles. The van der Waals surface area contributed by atoms with Gasteiger partial charge in [0.05, 0.1) is 66.1 Å². The van der Waals surface area contributed by atoms with E-state index in [1.165, 1.54) is 89.9 Å². The van der Waals surface area contributed by atoms with Crippen molar-refractivity contribution in [3.05, 3.63) is 24.3 Å². The summed E-state index contributed by atoms with van der Waals surface area (Å²) in [5, 5.41) is 60.5. The number of hydrogen-bond acceptors (Lipinski definition) is 15. The van der Waals surface area contributed by atoms with Gasteiger partial charge in [0.1, 0.15) is 49.8 Å². The number of carbonyl (C=O) groups excluding carboxylic acids is 2. The number of ether oxygens (including phenoxy) is 7. The summed E-state index contributed by atoms with van der Waals surface area (Å²) in [7, 11) is 0. The minimum atomic E-state index is -1.03. The van der Waals surface area contributed by atoms with Gasteiger partial charge in [0, 0.05) is 12.8 Å². The highest BCUT2D eigenvalue weighted by molar-refractivity contribution is 5.69. The molecule has 0 rings (SSSR count). The molecule has 0 aromatic rings. The number of unbranched alkanes of at least 4 members (excludes halogenated alkanes) is 22. The molecule has 0 aliphatic rings.